The predicted molar refractivity (Wildman–Crippen MR) is 156 cm³/mol. The van der Waals surface area contributed by atoms with Crippen molar-refractivity contribution in [2.24, 2.45) is 10.7 Å². The lowest BCUT2D eigenvalue weighted by atomic mass is 9.87. The Bertz CT molecular complexity index is 1380. The number of nitrogens with two attached hydrogens (primary N) is 1. The van der Waals surface area contributed by atoms with Crippen LogP contribution in [0.25, 0.3) is 0 Å². The zero-order valence-electron chi connectivity index (χ0n) is 22.3. The van der Waals surface area contributed by atoms with Crippen molar-refractivity contribution in [3.8, 4) is 5.75 Å². The number of aliphatic imine (C=N–C) groups is 1. The SMILES string of the molecule is CN=CC(Nc1nc(Nc2cc(C)c(C3CCNCC3)cc2OC2CC2)ncc1Cl)=C(N)S(=O)(=O)C1CCC1. The van der Waals surface area contributed by atoms with Crippen LogP contribution in [0.1, 0.15) is 62.0 Å². The number of nitrogens with zero attached hydrogens (tertiary/aromatic N) is 3. The fraction of sp³-hybridized carbons (Fsp3) is 0.519. The summed E-state index contributed by atoms with van der Waals surface area (Å²) in [5.74, 6) is 1.77. The van der Waals surface area contributed by atoms with Gasteiger partial charge in [-0.15, -0.1) is 0 Å². The first-order valence-corrected chi connectivity index (χ1v) is 15.4. The number of halogens is 1. The average Bonchev–Trinajstić information content (AvgIpc) is 3.70. The maximum atomic E-state index is 12.9. The van der Waals surface area contributed by atoms with Crippen molar-refractivity contribution >= 4 is 45.1 Å². The number of piperidine rings is 1. The molecule has 2 aliphatic carbocycles. The van der Waals surface area contributed by atoms with Crippen LogP contribution in [0, 0.1) is 6.92 Å². The third-order valence-corrected chi connectivity index (χ3v) is 9.99. The van der Waals surface area contributed by atoms with Crippen LogP contribution in [0.4, 0.5) is 17.5 Å². The lowest BCUT2D eigenvalue weighted by Gasteiger charge is -2.26. The number of aryl methyl sites for hydroxylation is 1. The highest BCUT2D eigenvalue weighted by atomic mass is 35.5. The van der Waals surface area contributed by atoms with E-state index in [1.165, 1.54) is 30.6 Å². The van der Waals surface area contributed by atoms with E-state index in [0.29, 0.717) is 18.8 Å². The van der Waals surface area contributed by atoms with Gasteiger partial charge in [0.2, 0.25) is 5.95 Å². The highest BCUT2D eigenvalue weighted by Crippen LogP contribution is 2.39. The molecule has 39 heavy (non-hydrogen) atoms. The van der Waals surface area contributed by atoms with E-state index < -0.39 is 15.1 Å². The normalized spacial score (nSPS) is 19.5. The summed E-state index contributed by atoms with van der Waals surface area (Å²) in [5.41, 5.74) is 9.51. The van der Waals surface area contributed by atoms with Crippen LogP contribution < -0.4 is 26.4 Å². The van der Waals surface area contributed by atoms with Crippen molar-refractivity contribution in [3.63, 3.8) is 0 Å². The van der Waals surface area contributed by atoms with E-state index in [-0.39, 0.29) is 33.6 Å². The van der Waals surface area contributed by atoms with Crippen molar-refractivity contribution in [2.45, 2.75) is 69.1 Å². The fourth-order valence-electron chi connectivity index (χ4n) is 4.90. The molecule has 210 valence electrons. The first-order valence-electron chi connectivity index (χ1n) is 13.5. The number of allylic oxidation sites excluding steroid dienone is 1. The van der Waals surface area contributed by atoms with Crippen LogP contribution in [0.2, 0.25) is 5.02 Å². The molecule has 2 saturated carbocycles. The third-order valence-electron chi connectivity index (χ3n) is 7.53. The van der Waals surface area contributed by atoms with Crippen molar-refractivity contribution in [2.75, 3.05) is 30.8 Å². The topological polar surface area (TPSA) is 144 Å². The predicted octanol–water partition coefficient (Wildman–Crippen LogP) is 4.40. The van der Waals surface area contributed by atoms with Gasteiger partial charge in [0, 0.05) is 13.3 Å². The molecule has 0 radical (unpaired) electrons. The number of nitrogens with one attached hydrogen (secondary N) is 3. The molecule has 1 aliphatic heterocycles. The zero-order valence-corrected chi connectivity index (χ0v) is 23.9. The Morgan fingerprint density at radius 1 is 1.21 bits per heavy atom. The van der Waals surface area contributed by atoms with E-state index in [9.17, 15) is 8.42 Å². The van der Waals surface area contributed by atoms with Gasteiger partial charge in [0.05, 0.1) is 28.9 Å². The van der Waals surface area contributed by atoms with Gasteiger partial charge in [0.1, 0.15) is 10.8 Å². The Morgan fingerprint density at radius 2 is 1.95 bits per heavy atom. The molecule has 2 aromatic rings. The molecular weight excluding hydrogens is 538 g/mol. The van der Waals surface area contributed by atoms with Gasteiger partial charge in [-0.25, -0.2) is 13.4 Å². The minimum absolute atomic E-state index is 0.121. The summed E-state index contributed by atoms with van der Waals surface area (Å²) in [7, 11) is -2.13. The highest BCUT2D eigenvalue weighted by molar-refractivity contribution is 7.95. The van der Waals surface area contributed by atoms with Gasteiger partial charge in [-0.05, 0) is 87.7 Å². The van der Waals surface area contributed by atoms with E-state index in [1.807, 2.05) is 0 Å². The van der Waals surface area contributed by atoms with Gasteiger partial charge < -0.3 is 26.4 Å². The number of aromatic nitrogens is 2. The molecule has 12 heteroatoms. The molecule has 1 aromatic heterocycles. The Hall–Kier alpha value is -2.89. The van der Waals surface area contributed by atoms with E-state index >= 15 is 0 Å². The number of benzene rings is 1. The quantitative estimate of drug-likeness (QED) is 0.304. The van der Waals surface area contributed by atoms with Crippen LogP contribution in [0.3, 0.4) is 0 Å². The minimum atomic E-state index is -3.66. The van der Waals surface area contributed by atoms with Gasteiger partial charge in [-0.2, -0.15) is 4.98 Å². The van der Waals surface area contributed by atoms with E-state index in [4.69, 9.17) is 22.1 Å². The van der Waals surface area contributed by atoms with Crippen molar-refractivity contribution in [1.82, 2.24) is 15.3 Å². The molecular formula is C27H36ClN7O3S. The van der Waals surface area contributed by atoms with Crippen LogP contribution in [0.15, 0.2) is 34.0 Å². The van der Waals surface area contributed by atoms with Crippen LogP contribution in [0.5, 0.6) is 5.75 Å². The molecule has 1 aromatic carbocycles. The first kappa shape index (κ1) is 27.7. The van der Waals surface area contributed by atoms with E-state index in [1.54, 1.807) is 0 Å². The van der Waals surface area contributed by atoms with Crippen LogP contribution in [-0.4, -0.2) is 56.1 Å². The second kappa shape index (κ2) is 11.7. The molecule has 0 bridgehead atoms. The number of hydrogen-bond donors (Lipinski definition) is 4. The lowest BCUT2D eigenvalue weighted by molar-refractivity contribution is 0.304. The molecule has 3 fully saturated rings. The Kier molecular flexibility index (Phi) is 8.29. The van der Waals surface area contributed by atoms with Crippen LogP contribution >= 0.6 is 11.6 Å². The summed E-state index contributed by atoms with van der Waals surface area (Å²) in [6.07, 6.45) is 9.40. The van der Waals surface area contributed by atoms with Gasteiger partial charge in [0.15, 0.2) is 20.7 Å². The Morgan fingerprint density at radius 3 is 2.59 bits per heavy atom. The molecule has 0 atom stereocenters. The Balaban J connectivity index is 1.43. The fourth-order valence-corrected chi connectivity index (χ4v) is 6.76. The minimum Gasteiger partial charge on any atom is -0.488 e. The van der Waals surface area contributed by atoms with Crippen LogP contribution in [-0.2, 0) is 9.84 Å². The van der Waals surface area contributed by atoms with Crippen molar-refractivity contribution in [3.05, 3.63) is 45.2 Å². The summed E-state index contributed by atoms with van der Waals surface area (Å²) in [6, 6.07) is 4.24. The highest BCUT2D eigenvalue weighted by Gasteiger charge is 2.35. The molecule has 0 amide bonds. The Labute approximate surface area is 234 Å². The van der Waals surface area contributed by atoms with Gasteiger partial charge in [0.25, 0.3) is 0 Å². The molecule has 10 nitrogen and oxygen atoms in total. The number of sulfone groups is 1. The second-order valence-corrected chi connectivity index (χ2v) is 13.1. The van der Waals surface area contributed by atoms with Crippen molar-refractivity contribution in [1.29, 1.82) is 0 Å². The zero-order chi connectivity index (χ0) is 27.6. The maximum Gasteiger partial charge on any atom is 0.229 e. The summed E-state index contributed by atoms with van der Waals surface area (Å²) in [6.45, 7) is 4.15. The standard InChI is InChI=1S/C27H36ClN7O3S/c1-16-12-22(24(38-18-6-7-18)13-20(16)17-8-10-31-11-9-17)34-27-32-14-21(28)26(35-27)33-23(15-30-2)25(29)39(36,37)19-4-3-5-19/h12-15,17-19,31H,3-11,29H2,1-2H3,(H2,32,33,34,35). The lowest BCUT2D eigenvalue weighted by Crippen LogP contribution is -2.33. The third kappa shape index (κ3) is 6.31. The maximum absolute atomic E-state index is 12.9. The molecule has 0 unspecified atom stereocenters. The number of rotatable bonds is 10. The smallest absolute Gasteiger partial charge is 0.229 e. The second-order valence-electron chi connectivity index (χ2n) is 10.4. The summed E-state index contributed by atoms with van der Waals surface area (Å²) in [5, 5.41) is 9.16. The van der Waals surface area contributed by atoms with E-state index in [0.717, 1.165) is 56.6 Å². The number of hydrogen-bond acceptors (Lipinski definition) is 10. The molecule has 0 spiro atoms. The molecule has 5 rings (SSSR count). The van der Waals surface area contributed by atoms with E-state index in [2.05, 4.69) is 50.0 Å². The molecule has 1 saturated heterocycles. The summed E-state index contributed by atoms with van der Waals surface area (Å²) < 4.78 is 32.2. The molecule has 2 heterocycles. The van der Waals surface area contributed by atoms with Gasteiger partial charge >= 0.3 is 0 Å². The monoisotopic (exact) mass is 573 g/mol. The number of anilines is 3. The summed E-state index contributed by atoms with van der Waals surface area (Å²) in [4.78, 5) is 12.9. The van der Waals surface area contributed by atoms with Gasteiger partial charge in [-0.3, -0.25) is 4.99 Å². The molecule has 5 N–H and O–H groups in total. The molecule has 3 aliphatic rings. The van der Waals surface area contributed by atoms with Crippen molar-refractivity contribution < 1.29 is 13.2 Å². The average molecular weight is 574 g/mol. The number of ether oxygens (including phenoxy) is 1. The largest absolute Gasteiger partial charge is 0.488 e. The van der Waals surface area contributed by atoms with Gasteiger partial charge in [-0.1, -0.05) is 18.0 Å². The summed E-state index contributed by atoms with van der Waals surface area (Å²) >= 11 is 6.40. The first-order chi connectivity index (χ1) is 18.8.